The lowest BCUT2D eigenvalue weighted by molar-refractivity contribution is 0.480. The van der Waals surface area contributed by atoms with Crippen LogP contribution in [0.4, 0.5) is 10.1 Å². The van der Waals surface area contributed by atoms with Gasteiger partial charge in [0.15, 0.2) is 0 Å². The number of benzene rings is 1. The molecule has 1 aromatic rings. The second kappa shape index (κ2) is 6.75. The fourth-order valence-electron chi connectivity index (χ4n) is 2.85. The molecule has 0 saturated heterocycles. The summed E-state index contributed by atoms with van der Waals surface area (Å²) in [6.45, 7) is 1.98. The minimum absolute atomic E-state index is 0.280. The first-order chi connectivity index (χ1) is 9.90. The van der Waals surface area contributed by atoms with Crippen molar-refractivity contribution in [1.29, 1.82) is 0 Å². The predicted octanol–water partition coefficient (Wildman–Crippen LogP) is 2.97. The molecule has 0 aromatic heterocycles. The Morgan fingerprint density at radius 1 is 1.33 bits per heavy atom. The topological polar surface area (TPSA) is 72.2 Å². The van der Waals surface area contributed by atoms with E-state index in [9.17, 15) is 12.8 Å². The maximum Gasteiger partial charge on any atom is 0.243 e. The Labute approximate surface area is 126 Å². The summed E-state index contributed by atoms with van der Waals surface area (Å²) >= 11 is 0. The zero-order valence-electron chi connectivity index (χ0n) is 12.4. The van der Waals surface area contributed by atoms with Gasteiger partial charge in [-0.15, -0.1) is 0 Å². The van der Waals surface area contributed by atoms with Crippen molar-refractivity contribution in [2.24, 2.45) is 5.92 Å². The number of halogens is 1. The molecule has 4 nitrogen and oxygen atoms in total. The number of anilines is 1. The van der Waals surface area contributed by atoms with Crippen molar-refractivity contribution in [2.75, 3.05) is 12.3 Å². The Kier molecular flexibility index (Phi) is 5.22. The summed E-state index contributed by atoms with van der Waals surface area (Å²) in [6, 6.07) is 2.34. The van der Waals surface area contributed by atoms with Crippen LogP contribution < -0.4 is 10.5 Å². The highest BCUT2D eigenvalue weighted by molar-refractivity contribution is 7.89. The average Bonchev–Trinajstić information content (AvgIpc) is 2.92. The first-order valence-electron chi connectivity index (χ1n) is 7.45. The second-order valence-corrected chi connectivity index (χ2v) is 7.57. The first-order valence-corrected chi connectivity index (χ1v) is 8.94. The SMILES string of the molecule is Cc1cc(F)c(S(=O)(=O)NCCCC2CCCC2)cc1N. The maximum absolute atomic E-state index is 13.8. The van der Waals surface area contributed by atoms with E-state index in [0.717, 1.165) is 24.8 Å². The zero-order valence-corrected chi connectivity index (χ0v) is 13.2. The number of rotatable bonds is 6. The van der Waals surface area contributed by atoms with Gasteiger partial charge in [0.25, 0.3) is 0 Å². The van der Waals surface area contributed by atoms with E-state index >= 15 is 0 Å². The van der Waals surface area contributed by atoms with Gasteiger partial charge < -0.3 is 5.73 Å². The van der Waals surface area contributed by atoms with Crippen molar-refractivity contribution in [3.8, 4) is 0 Å². The molecule has 0 aliphatic heterocycles. The molecule has 0 amide bonds. The Hall–Kier alpha value is -1.14. The molecule has 21 heavy (non-hydrogen) atoms. The zero-order chi connectivity index (χ0) is 15.5. The smallest absolute Gasteiger partial charge is 0.243 e. The summed E-state index contributed by atoms with van der Waals surface area (Å²) in [7, 11) is -3.83. The fourth-order valence-corrected chi connectivity index (χ4v) is 4.01. The highest BCUT2D eigenvalue weighted by Gasteiger charge is 2.20. The van der Waals surface area contributed by atoms with E-state index in [1.54, 1.807) is 6.92 Å². The highest BCUT2D eigenvalue weighted by atomic mass is 32.2. The Morgan fingerprint density at radius 3 is 2.67 bits per heavy atom. The fraction of sp³-hybridized carbons (Fsp3) is 0.600. The number of nitrogen functional groups attached to an aromatic ring is 1. The third-order valence-electron chi connectivity index (χ3n) is 4.17. The highest BCUT2D eigenvalue weighted by Crippen LogP contribution is 2.28. The summed E-state index contributed by atoms with van der Waals surface area (Å²) in [4.78, 5) is -0.369. The molecule has 1 aliphatic rings. The van der Waals surface area contributed by atoms with Crippen LogP contribution in [-0.4, -0.2) is 15.0 Å². The molecule has 1 aromatic carbocycles. The molecule has 1 saturated carbocycles. The van der Waals surface area contributed by atoms with Gasteiger partial charge >= 0.3 is 0 Å². The average molecular weight is 314 g/mol. The Bertz CT molecular complexity index is 596. The molecular formula is C15H23FN2O2S. The van der Waals surface area contributed by atoms with E-state index in [-0.39, 0.29) is 10.6 Å². The largest absolute Gasteiger partial charge is 0.398 e. The molecule has 2 rings (SSSR count). The minimum Gasteiger partial charge on any atom is -0.398 e. The number of hydrogen-bond donors (Lipinski definition) is 2. The summed E-state index contributed by atoms with van der Waals surface area (Å²) in [5, 5.41) is 0. The van der Waals surface area contributed by atoms with Crippen molar-refractivity contribution in [3.05, 3.63) is 23.5 Å². The Morgan fingerprint density at radius 2 is 2.00 bits per heavy atom. The van der Waals surface area contributed by atoms with Crippen molar-refractivity contribution in [3.63, 3.8) is 0 Å². The molecule has 3 N–H and O–H groups in total. The van der Waals surface area contributed by atoms with Crippen molar-refractivity contribution < 1.29 is 12.8 Å². The normalized spacial score (nSPS) is 16.5. The molecule has 0 unspecified atom stereocenters. The summed E-state index contributed by atoms with van der Waals surface area (Å²) in [5.41, 5.74) is 6.48. The van der Waals surface area contributed by atoms with Gasteiger partial charge in [0.05, 0.1) is 0 Å². The van der Waals surface area contributed by atoms with Crippen LogP contribution in [0.2, 0.25) is 0 Å². The van der Waals surface area contributed by atoms with Crippen molar-refractivity contribution >= 4 is 15.7 Å². The number of hydrogen-bond acceptors (Lipinski definition) is 3. The van der Waals surface area contributed by atoms with Crippen LogP contribution in [0.3, 0.4) is 0 Å². The van der Waals surface area contributed by atoms with Gasteiger partial charge in [0.1, 0.15) is 10.7 Å². The van der Waals surface area contributed by atoms with Gasteiger partial charge in [-0.1, -0.05) is 25.7 Å². The van der Waals surface area contributed by atoms with E-state index in [2.05, 4.69) is 4.72 Å². The summed E-state index contributed by atoms with van der Waals surface area (Å²) in [6.07, 6.45) is 6.87. The van der Waals surface area contributed by atoms with Crippen molar-refractivity contribution in [2.45, 2.75) is 50.3 Å². The van der Waals surface area contributed by atoms with Gasteiger partial charge in [0.2, 0.25) is 10.0 Å². The van der Waals surface area contributed by atoms with Crippen LogP contribution in [-0.2, 0) is 10.0 Å². The number of sulfonamides is 1. The lowest BCUT2D eigenvalue weighted by atomic mass is 10.0. The molecule has 1 fully saturated rings. The molecule has 6 heteroatoms. The van der Waals surface area contributed by atoms with Crippen LogP contribution in [0.25, 0.3) is 0 Å². The third kappa shape index (κ3) is 4.17. The van der Waals surface area contributed by atoms with Gasteiger partial charge in [0, 0.05) is 12.2 Å². The third-order valence-corrected chi connectivity index (χ3v) is 5.64. The monoisotopic (exact) mass is 314 g/mol. The Balaban J connectivity index is 1.93. The van der Waals surface area contributed by atoms with Crippen LogP contribution in [0.5, 0.6) is 0 Å². The van der Waals surface area contributed by atoms with E-state index in [1.165, 1.54) is 31.7 Å². The van der Waals surface area contributed by atoms with Gasteiger partial charge in [-0.3, -0.25) is 0 Å². The molecular weight excluding hydrogens is 291 g/mol. The first kappa shape index (κ1) is 16.2. The number of aryl methyl sites for hydroxylation is 1. The lowest BCUT2D eigenvalue weighted by Gasteiger charge is -2.11. The van der Waals surface area contributed by atoms with Crippen LogP contribution in [0.15, 0.2) is 17.0 Å². The molecule has 0 atom stereocenters. The van der Waals surface area contributed by atoms with E-state index in [0.29, 0.717) is 12.1 Å². The van der Waals surface area contributed by atoms with Gasteiger partial charge in [-0.25, -0.2) is 17.5 Å². The standard InChI is InChI=1S/C15H23FN2O2S/c1-11-9-13(16)15(10-14(11)17)21(19,20)18-8-4-7-12-5-2-3-6-12/h9-10,12,18H,2-8,17H2,1H3. The molecule has 1 aliphatic carbocycles. The van der Waals surface area contributed by atoms with E-state index in [1.807, 2.05) is 0 Å². The van der Waals surface area contributed by atoms with E-state index < -0.39 is 15.8 Å². The molecule has 118 valence electrons. The second-order valence-electron chi connectivity index (χ2n) is 5.83. The van der Waals surface area contributed by atoms with Crippen LogP contribution in [0.1, 0.15) is 44.1 Å². The van der Waals surface area contributed by atoms with Crippen molar-refractivity contribution in [1.82, 2.24) is 4.72 Å². The molecule has 0 radical (unpaired) electrons. The quantitative estimate of drug-likeness (QED) is 0.626. The van der Waals surface area contributed by atoms with Crippen LogP contribution in [0, 0.1) is 18.7 Å². The lowest BCUT2D eigenvalue weighted by Crippen LogP contribution is -2.26. The minimum atomic E-state index is -3.83. The van der Waals surface area contributed by atoms with Gasteiger partial charge in [-0.05, 0) is 43.4 Å². The van der Waals surface area contributed by atoms with Gasteiger partial charge in [-0.2, -0.15) is 0 Å². The molecule has 0 spiro atoms. The predicted molar refractivity (Wildman–Crippen MR) is 81.9 cm³/mol. The summed E-state index contributed by atoms with van der Waals surface area (Å²) in [5.74, 6) is -0.0359. The number of nitrogens with two attached hydrogens (primary N) is 1. The maximum atomic E-state index is 13.8. The van der Waals surface area contributed by atoms with Crippen LogP contribution >= 0.6 is 0 Å². The molecule has 0 heterocycles. The summed E-state index contributed by atoms with van der Waals surface area (Å²) < 4.78 is 40.5. The molecule has 0 bridgehead atoms. The number of nitrogens with one attached hydrogen (secondary N) is 1. The van der Waals surface area contributed by atoms with E-state index in [4.69, 9.17) is 5.73 Å².